The van der Waals surface area contributed by atoms with Crippen molar-refractivity contribution in [1.29, 1.82) is 0 Å². The number of thiocarbonyl (C=S) groups is 1. The lowest BCUT2D eigenvalue weighted by Gasteiger charge is -2.30. The third kappa shape index (κ3) is 3.88. The summed E-state index contributed by atoms with van der Waals surface area (Å²) in [6, 6.07) is 2.67. The van der Waals surface area contributed by atoms with E-state index in [4.69, 9.17) is 12.2 Å². The summed E-state index contributed by atoms with van der Waals surface area (Å²) in [6.07, 6.45) is 2.20. The van der Waals surface area contributed by atoms with Gasteiger partial charge in [-0.05, 0) is 30.9 Å². The van der Waals surface area contributed by atoms with Crippen LogP contribution >= 0.6 is 35.3 Å². The van der Waals surface area contributed by atoms with Gasteiger partial charge < -0.3 is 4.90 Å². The van der Waals surface area contributed by atoms with Crippen LogP contribution in [0.25, 0.3) is 6.08 Å². The third-order valence-corrected chi connectivity index (χ3v) is 8.39. The van der Waals surface area contributed by atoms with Crippen LogP contribution in [0.4, 0.5) is 0 Å². The molecule has 140 valence electrons. The summed E-state index contributed by atoms with van der Waals surface area (Å²) in [5.41, 5.74) is 0. The van der Waals surface area contributed by atoms with Crippen molar-refractivity contribution in [3.8, 4) is 0 Å². The van der Waals surface area contributed by atoms with E-state index in [1.807, 2.05) is 17.5 Å². The van der Waals surface area contributed by atoms with Crippen LogP contribution in [0.1, 0.15) is 18.2 Å². The zero-order valence-corrected chi connectivity index (χ0v) is 17.5. The Kier molecular flexibility index (Phi) is 5.57. The van der Waals surface area contributed by atoms with Gasteiger partial charge in [0, 0.05) is 18.0 Å². The van der Waals surface area contributed by atoms with E-state index < -0.39 is 15.9 Å². The first-order valence-corrected chi connectivity index (χ1v) is 11.9. The number of likely N-dealkylation sites (N-methyl/N-ethyl adjacent to an activating group) is 1. The Labute approximate surface area is 166 Å². The minimum Gasteiger partial charge on any atom is -0.340 e. The van der Waals surface area contributed by atoms with Gasteiger partial charge in [-0.2, -0.15) is 0 Å². The van der Waals surface area contributed by atoms with Crippen molar-refractivity contribution < 1.29 is 18.0 Å². The summed E-state index contributed by atoms with van der Waals surface area (Å²) >= 11 is 8.00. The largest absolute Gasteiger partial charge is 0.340 e. The maximum absolute atomic E-state index is 12.8. The molecule has 2 atom stereocenters. The summed E-state index contributed by atoms with van der Waals surface area (Å²) in [7, 11) is -1.50. The summed E-state index contributed by atoms with van der Waals surface area (Å²) in [4.78, 5) is 29.7. The molecule has 0 radical (unpaired) electrons. The van der Waals surface area contributed by atoms with E-state index in [0.717, 1.165) is 4.88 Å². The highest BCUT2D eigenvalue weighted by Crippen LogP contribution is 2.35. The maximum Gasteiger partial charge on any atom is 0.266 e. The molecule has 2 aliphatic rings. The molecular weight excluding hydrogens is 412 g/mol. The van der Waals surface area contributed by atoms with E-state index in [9.17, 15) is 18.0 Å². The molecule has 10 heteroatoms. The minimum atomic E-state index is -3.09. The Morgan fingerprint density at radius 1 is 1.50 bits per heavy atom. The Bertz CT molecular complexity index is 876. The van der Waals surface area contributed by atoms with Gasteiger partial charge in [-0.3, -0.25) is 14.5 Å². The Morgan fingerprint density at radius 3 is 2.81 bits per heavy atom. The molecule has 0 N–H and O–H groups in total. The van der Waals surface area contributed by atoms with E-state index >= 15 is 0 Å². The van der Waals surface area contributed by atoms with Crippen molar-refractivity contribution in [2.45, 2.75) is 25.4 Å². The van der Waals surface area contributed by atoms with Crippen molar-refractivity contribution in [2.24, 2.45) is 0 Å². The van der Waals surface area contributed by atoms with Crippen LogP contribution in [0.15, 0.2) is 22.4 Å². The van der Waals surface area contributed by atoms with E-state index in [1.165, 1.54) is 32.9 Å². The Balaban J connectivity index is 1.74. The van der Waals surface area contributed by atoms with Gasteiger partial charge >= 0.3 is 0 Å². The zero-order chi connectivity index (χ0) is 19.1. The Hall–Kier alpha value is -1.23. The molecule has 3 rings (SSSR count). The van der Waals surface area contributed by atoms with Crippen LogP contribution < -0.4 is 0 Å². The molecule has 0 bridgehead atoms. The number of carbonyl (C=O) groups excluding carboxylic acids is 2. The smallest absolute Gasteiger partial charge is 0.266 e. The van der Waals surface area contributed by atoms with Crippen LogP contribution in [0.3, 0.4) is 0 Å². The molecule has 0 spiro atoms. The number of hydrogen-bond donors (Lipinski definition) is 0. The standard InChI is InChI=1S/C16H18N2O4S4/c1-10(14(19)17(2)11-5-7-26(21,22)9-11)18-15(20)13(25-16(18)23)8-12-4-3-6-24-12/h3-4,6,8,10-11H,5,7,9H2,1-2H3/b13-8-/t10-,11+/m1/s1. The molecule has 0 aliphatic carbocycles. The predicted octanol–water partition coefficient (Wildman–Crippen LogP) is 1.98. The van der Waals surface area contributed by atoms with Crippen molar-refractivity contribution >= 4 is 67.4 Å². The molecule has 6 nitrogen and oxygen atoms in total. The maximum atomic E-state index is 12.8. The predicted molar refractivity (Wildman–Crippen MR) is 109 cm³/mol. The van der Waals surface area contributed by atoms with E-state index in [-0.39, 0.29) is 29.4 Å². The van der Waals surface area contributed by atoms with Gasteiger partial charge in [0.05, 0.1) is 16.4 Å². The molecule has 3 heterocycles. The molecule has 2 saturated heterocycles. The molecular formula is C16H18N2O4S4. The monoisotopic (exact) mass is 430 g/mol. The zero-order valence-electron chi connectivity index (χ0n) is 14.2. The lowest BCUT2D eigenvalue weighted by atomic mass is 10.2. The molecule has 2 fully saturated rings. The second-order valence-electron chi connectivity index (χ2n) is 6.25. The summed E-state index contributed by atoms with van der Waals surface area (Å²) in [6.45, 7) is 1.63. The first-order chi connectivity index (χ1) is 12.2. The molecule has 0 aromatic carbocycles. The van der Waals surface area contributed by atoms with Crippen LogP contribution in [0.2, 0.25) is 0 Å². The number of thioether (sulfide) groups is 1. The van der Waals surface area contributed by atoms with E-state index in [0.29, 0.717) is 15.6 Å². The molecule has 26 heavy (non-hydrogen) atoms. The van der Waals surface area contributed by atoms with Gasteiger partial charge in [0.15, 0.2) is 9.84 Å². The number of thiophene rings is 1. The van der Waals surface area contributed by atoms with Crippen LogP contribution in [0.5, 0.6) is 0 Å². The van der Waals surface area contributed by atoms with Gasteiger partial charge in [-0.1, -0.05) is 30.0 Å². The van der Waals surface area contributed by atoms with Crippen LogP contribution in [0, 0.1) is 0 Å². The fraction of sp³-hybridized carbons (Fsp3) is 0.438. The second-order valence-corrected chi connectivity index (χ2v) is 11.1. The first kappa shape index (κ1) is 19.5. The fourth-order valence-electron chi connectivity index (χ4n) is 2.98. The normalized spacial score (nSPS) is 25.1. The third-order valence-electron chi connectivity index (χ3n) is 4.49. The summed E-state index contributed by atoms with van der Waals surface area (Å²) < 4.78 is 23.7. The number of hydrogen-bond acceptors (Lipinski definition) is 7. The van der Waals surface area contributed by atoms with Crippen molar-refractivity contribution in [3.63, 3.8) is 0 Å². The highest BCUT2D eigenvalue weighted by Gasteiger charge is 2.41. The number of carbonyl (C=O) groups is 2. The van der Waals surface area contributed by atoms with Gasteiger partial charge in [-0.25, -0.2) is 8.42 Å². The first-order valence-electron chi connectivity index (χ1n) is 7.97. The lowest BCUT2D eigenvalue weighted by molar-refractivity contribution is -0.139. The lowest BCUT2D eigenvalue weighted by Crippen LogP contribution is -2.50. The van der Waals surface area contributed by atoms with Gasteiger partial charge in [0.2, 0.25) is 5.91 Å². The van der Waals surface area contributed by atoms with Gasteiger partial charge in [-0.15, -0.1) is 11.3 Å². The number of nitrogens with zero attached hydrogens (tertiary/aromatic N) is 2. The highest BCUT2D eigenvalue weighted by molar-refractivity contribution is 8.26. The topological polar surface area (TPSA) is 74.8 Å². The van der Waals surface area contributed by atoms with Crippen molar-refractivity contribution in [2.75, 3.05) is 18.6 Å². The van der Waals surface area contributed by atoms with Crippen molar-refractivity contribution in [3.05, 3.63) is 27.3 Å². The quantitative estimate of drug-likeness (QED) is 0.537. The van der Waals surface area contributed by atoms with Crippen molar-refractivity contribution in [1.82, 2.24) is 9.80 Å². The minimum absolute atomic E-state index is 0.0291. The average molecular weight is 431 g/mol. The number of amides is 2. The highest BCUT2D eigenvalue weighted by atomic mass is 32.2. The van der Waals surface area contributed by atoms with Crippen LogP contribution in [-0.2, 0) is 19.4 Å². The van der Waals surface area contributed by atoms with Crippen LogP contribution in [-0.4, -0.2) is 65.0 Å². The molecule has 1 aromatic rings. The summed E-state index contributed by atoms with van der Waals surface area (Å²) in [5, 5.41) is 1.92. The van der Waals surface area contributed by atoms with Gasteiger partial charge in [0.25, 0.3) is 5.91 Å². The van der Waals surface area contributed by atoms with E-state index in [1.54, 1.807) is 20.0 Å². The van der Waals surface area contributed by atoms with Gasteiger partial charge in [0.1, 0.15) is 10.4 Å². The molecule has 2 amide bonds. The molecule has 1 aromatic heterocycles. The molecule has 0 unspecified atom stereocenters. The average Bonchev–Trinajstić information content (AvgIpc) is 3.27. The fourth-order valence-corrected chi connectivity index (χ4v) is 6.90. The second kappa shape index (κ2) is 7.41. The summed E-state index contributed by atoms with van der Waals surface area (Å²) in [5.74, 6) is -0.533. The molecule has 0 saturated carbocycles. The SMILES string of the molecule is C[C@H](C(=O)N(C)[C@H]1CCS(=O)(=O)C1)N1C(=O)/C(=C/c2cccs2)SC1=S. The Morgan fingerprint density at radius 2 is 2.23 bits per heavy atom. The molecule has 2 aliphatic heterocycles. The van der Waals surface area contributed by atoms with E-state index in [2.05, 4.69) is 0 Å². The number of rotatable bonds is 4. The number of sulfone groups is 1.